The molecule has 1 amide bonds. The van der Waals surface area contributed by atoms with Crippen LogP contribution >= 0.6 is 0 Å². The average molecular weight is 279 g/mol. The predicted octanol–water partition coefficient (Wildman–Crippen LogP) is 2.04. The fraction of sp³-hybridized carbons (Fsp3) is 0.0833. The molecule has 0 saturated carbocycles. The summed E-state index contributed by atoms with van der Waals surface area (Å²) in [5.41, 5.74) is 4.28. The summed E-state index contributed by atoms with van der Waals surface area (Å²) in [7, 11) is 0. The van der Waals surface area contributed by atoms with E-state index in [1.165, 1.54) is 18.2 Å². The lowest BCUT2D eigenvalue weighted by Crippen LogP contribution is -2.13. The van der Waals surface area contributed by atoms with Gasteiger partial charge in [0.2, 0.25) is 0 Å². The highest BCUT2D eigenvalue weighted by atomic mass is 19.1. The third kappa shape index (κ3) is 2.64. The maximum atomic E-state index is 13.6. The first-order chi connectivity index (χ1) is 9.52. The summed E-state index contributed by atoms with van der Waals surface area (Å²) in [5, 5.41) is 12.9. The molecular formula is C12H10FN3O4. The number of halogens is 1. The molecule has 104 valence electrons. The highest BCUT2D eigenvalue weighted by molar-refractivity contribution is 6.03. The zero-order chi connectivity index (χ0) is 14.7. The van der Waals surface area contributed by atoms with Gasteiger partial charge in [0.05, 0.1) is 11.5 Å². The Labute approximate surface area is 112 Å². The second-order valence-electron chi connectivity index (χ2n) is 3.82. The summed E-state index contributed by atoms with van der Waals surface area (Å²) in [5.74, 6) is -1.43. The van der Waals surface area contributed by atoms with Crippen molar-refractivity contribution in [2.75, 3.05) is 5.32 Å². The first kappa shape index (κ1) is 13.7. The molecule has 0 radical (unpaired) electrons. The van der Waals surface area contributed by atoms with E-state index in [4.69, 9.17) is 10.2 Å². The molecule has 2 aromatic rings. The van der Waals surface area contributed by atoms with Crippen LogP contribution in [0.25, 0.3) is 0 Å². The molecule has 1 heterocycles. The zero-order valence-electron chi connectivity index (χ0n) is 10.1. The minimum Gasteiger partial charge on any atom is -0.455 e. The SMILES string of the molecule is NCc1ccc(C(=O)Nc2c(F)cccc2[N+](=O)[O-])o1. The molecule has 20 heavy (non-hydrogen) atoms. The van der Waals surface area contributed by atoms with Crippen molar-refractivity contribution in [1.82, 2.24) is 0 Å². The van der Waals surface area contributed by atoms with Gasteiger partial charge in [-0.2, -0.15) is 0 Å². The van der Waals surface area contributed by atoms with Crippen LogP contribution in [-0.2, 0) is 6.54 Å². The number of nitrogens with two attached hydrogens (primary N) is 1. The first-order valence-electron chi connectivity index (χ1n) is 5.56. The van der Waals surface area contributed by atoms with Gasteiger partial charge in [0.15, 0.2) is 17.3 Å². The van der Waals surface area contributed by atoms with E-state index in [1.807, 2.05) is 0 Å². The topological polar surface area (TPSA) is 111 Å². The summed E-state index contributed by atoms with van der Waals surface area (Å²) in [6.45, 7) is 0.104. The number of amides is 1. The molecule has 7 nitrogen and oxygen atoms in total. The van der Waals surface area contributed by atoms with Gasteiger partial charge in [0.1, 0.15) is 5.76 Å². The molecule has 2 rings (SSSR count). The van der Waals surface area contributed by atoms with E-state index < -0.39 is 28.0 Å². The van der Waals surface area contributed by atoms with Gasteiger partial charge < -0.3 is 15.5 Å². The maximum Gasteiger partial charge on any atom is 0.295 e. The lowest BCUT2D eigenvalue weighted by atomic mass is 10.2. The van der Waals surface area contributed by atoms with Crippen LogP contribution in [-0.4, -0.2) is 10.8 Å². The fourth-order valence-electron chi connectivity index (χ4n) is 1.57. The number of benzene rings is 1. The number of para-hydroxylation sites is 1. The van der Waals surface area contributed by atoms with Crippen molar-refractivity contribution in [1.29, 1.82) is 0 Å². The van der Waals surface area contributed by atoms with Gasteiger partial charge in [-0.1, -0.05) is 6.07 Å². The second kappa shape index (κ2) is 5.49. The van der Waals surface area contributed by atoms with Gasteiger partial charge in [-0.25, -0.2) is 4.39 Å². The number of carbonyl (C=O) groups excluding carboxylic acids is 1. The molecular weight excluding hydrogens is 269 g/mol. The Morgan fingerprint density at radius 2 is 2.15 bits per heavy atom. The molecule has 3 N–H and O–H groups in total. The Balaban J connectivity index is 2.30. The van der Waals surface area contributed by atoms with Crippen LogP contribution in [0.15, 0.2) is 34.7 Å². The maximum absolute atomic E-state index is 13.6. The van der Waals surface area contributed by atoms with Gasteiger partial charge in [0, 0.05) is 6.07 Å². The van der Waals surface area contributed by atoms with E-state index in [0.29, 0.717) is 5.76 Å². The lowest BCUT2D eigenvalue weighted by molar-refractivity contribution is -0.384. The van der Waals surface area contributed by atoms with Crippen molar-refractivity contribution >= 4 is 17.3 Å². The number of hydrogen-bond acceptors (Lipinski definition) is 5. The Kier molecular flexibility index (Phi) is 3.76. The molecule has 0 saturated heterocycles. The van der Waals surface area contributed by atoms with Crippen LogP contribution in [0.2, 0.25) is 0 Å². The number of rotatable bonds is 4. The highest BCUT2D eigenvalue weighted by Crippen LogP contribution is 2.27. The average Bonchev–Trinajstić information content (AvgIpc) is 2.89. The van der Waals surface area contributed by atoms with Crippen LogP contribution in [0.5, 0.6) is 0 Å². The number of nitrogens with zero attached hydrogens (tertiary/aromatic N) is 1. The molecule has 1 aromatic carbocycles. The zero-order valence-corrected chi connectivity index (χ0v) is 10.1. The first-order valence-corrected chi connectivity index (χ1v) is 5.56. The molecule has 0 bridgehead atoms. The van der Waals surface area contributed by atoms with Crippen molar-refractivity contribution in [2.24, 2.45) is 5.73 Å². The van der Waals surface area contributed by atoms with Crippen molar-refractivity contribution in [3.8, 4) is 0 Å². The Bertz CT molecular complexity index is 668. The Hall–Kier alpha value is -2.74. The quantitative estimate of drug-likeness (QED) is 0.657. The molecule has 0 aliphatic rings. The van der Waals surface area contributed by atoms with Gasteiger partial charge in [-0.3, -0.25) is 14.9 Å². The number of nitrogens with one attached hydrogen (secondary N) is 1. The normalized spacial score (nSPS) is 10.3. The van der Waals surface area contributed by atoms with E-state index in [9.17, 15) is 19.3 Å². The summed E-state index contributed by atoms with van der Waals surface area (Å²) in [4.78, 5) is 21.8. The third-order valence-corrected chi connectivity index (χ3v) is 2.51. The fourth-order valence-corrected chi connectivity index (χ4v) is 1.57. The molecule has 8 heteroatoms. The van der Waals surface area contributed by atoms with Crippen LogP contribution < -0.4 is 11.1 Å². The summed E-state index contributed by atoms with van der Waals surface area (Å²) >= 11 is 0. The second-order valence-corrected chi connectivity index (χ2v) is 3.82. The van der Waals surface area contributed by atoms with Gasteiger partial charge in [0.25, 0.3) is 11.6 Å². The van der Waals surface area contributed by atoms with E-state index >= 15 is 0 Å². The van der Waals surface area contributed by atoms with Crippen LogP contribution in [0, 0.1) is 15.9 Å². The minimum absolute atomic E-state index is 0.104. The van der Waals surface area contributed by atoms with Crippen molar-refractivity contribution in [3.63, 3.8) is 0 Å². The number of nitro benzene ring substituents is 1. The highest BCUT2D eigenvalue weighted by Gasteiger charge is 2.21. The number of furan rings is 1. The molecule has 0 spiro atoms. The number of hydrogen-bond donors (Lipinski definition) is 2. The van der Waals surface area contributed by atoms with E-state index in [1.54, 1.807) is 0 Å². The van der Waals surface area contributed by atoms with E-state index in [-0.39, 0.29) is 12.3 Å². The van der Waals surface area contributed by atoms with Gasteiger partial charge >= 0.3 is 0 Å². The van der Waals surface area contributed by atoms with Gasteiger partial charge in [-0.15, -0.1) is 0 Å². The lowest BCUT2D eigenvalue weighted by Gasteiger charge is -2.05. The molecule has 1 aromatic heterocycles. The summed E-state index contributed by atoms with van der Waals surface area (Å²) in [6, 6.07) is 6.12. The summed E-state index contributed by atoms with van der Waals surface area (Å²) < 4.78 is 18.7. The van der Waals surface area contributed by atoms with Gasteiger partial charge in [-0.05, 0) is 18.2 Å². The smallest absolute Gasteiger partial charge is 0.295 e. The Morgan fingerprint density at radius 1 is 1.40 bits per heavy atom. The Morgan fingerprint density at radius 3 is 2.75 bits per heavy atom. The van der Waals surface area contributed by atoms with Crippen LogP contribution in [0.1, 0.15) is 16.3 Å². The number of anilines is 1. The number of nitro groups is 1. The van der Waals surface area contributed by atoms with Crippen LogP contribution in [0.4, 0.5) is 15.8 Å². The molecule has 0 unspecified atom stereocenters. The monoisotopic (exact) mass is 279 g/mol. The number of carbonyl (C=O) groups is 1. The molecule has 0 aliphatic heterocycles. The molecule has 0 fully saturated rings. The van der Waals surface area contributed by atoms with E-state index in [0.717, 1.165) is 12.1 Å². The van der Waals surface area contributed by atoms with Crippen molar-refractivity contribution in [3.05, 3.63) is 57.8 Å². The molecule has 0 aliphatic carbocycles. The van der Waals surface area contributed by atoms with Crippen LogP contribution in [0.3, 0.4) is 0 Å². The largest absolute Gasteiger partial charge is 0.455 e. The summed E-state index contributed by atoms with van der Waals surface area (Å²) in [6.07, 6.45) is 0. The molecule has 0 atom stereocenters. The predicted molar refractivity (Wildman–Crippen MR) is 67.6 cm³/mol. The third-order valence-electron chi connectivity index (χ3n) is 2.51. The van der Waals surface area contributed by atoms with E-state index in [2.05, 4.69) is 5.32 Å². The van der Waals surface area contributed by atoms with Crippen molar-refractivity contribution < 1.29 is 18.5 Å². The standard InChI is InChI=1S/C12H10FN3O4/c13-8-2-1-3-9(16(18)19)11(8)15-12(17)10-5-4-7(6-14)20-10/h1-5H,6,14H2,(H,15,17). The minimum atomic E-state index is -0.904. The van der Waals surface area contributed by atoms with Crippen molar-refractivity contribution in [2.45, 2.75) is 6.54 Å².